The summed E-state index contributed by atoms with van der Waals surface area (Å²) in [6, 6.07) is 6.46. The van der Waals surface area contributed by atoms with Crippen LogP contribution in [-0.4, -0.2) is 116 Å². The molecule has 5 N–H and O–H groups in total. The molecular formula is C31H35IN10NaO15S3+. The molecule has 0 atom stereocenters. The second kappa shape index (κ2) is 22.7. The number of urea groups is 2. The standard InChI is InChI=1S/C17H21N5O9S2.C14H14IN5O6S.Na/c1-29-13-8-14(30-2)20-16(19-13)21-17(24)22-33(27,28)12-7-10(9-18-32(4,25)26)5-6-11(12)15(23)31-3;1-7-16-12(19-14(17-7)26-3)18-13(22)20-27(23,24)10-6-8(15)4-5-9(10)11(21)25-2;/h5-8,18H,9H2,1-4H3,(H2,19,20,21,22,24);4-6H,1-3H3,(H2,16,17,18,19,20,22);/q;;+1. The fourth-order valence-electron chi connectivity index (χ4n) is 4.27. The fourth-order valence-corrected chi connectivity index (χ4v) is 7.68. The van der Waals surface area contributed by atoms with Crippen LogP contribution in [0.3, 0.4) is 0 Å². The van der Waals surface area contributed by atoms with Crippen molar-refractivity contribution in [2.45, 2.75) is 23.3 Å². The van der Waals surface area contributed by atoms with E-state index in [0.717, 1.165) is 32.6 Å². The average molecular weight is 1030 g/mol. The van der Waals surface area contributed by atoms with Gasteiger partial charge in [-0.25, -0.2) is 58.6 Å². The van der Waals surface area contributed by atoms with Crippen molar-refractivity contribution in [2.75, 3.05) is 52.4 Å². The number of methoxy groups -OCH3 is 5. The minimum atomic E-state index is -4.63. The second-order valence-corrected chi connectivity index (χ2v) is 17.5. The van der Waals surface area contributed by atoms with Crippen LogP contribution in [0.25, 0.3) is 0 Å². The first-order valence-electron chi connectivity index (χ1n) is 16.0. The number of anilines is 2. The SMILES string of the molecule is COC(=O)c1ccc(CNS(C)(=O)=O)cc1S(=O)(=O)NC(=O)Nc1nc(OC)cc(OC)n1.COC(=O)c1ccc(I)cc1S(=O)(=O)NC(=O)Nc1nc(C)nc(OC)n1.[Na+]. The molecule has 324 valence electrons. The molecule has 30 heteroatoms. The predicted octanol–water partition coefficient (Wildman–Crippen LogP) is -2.07. The van der Waals surface area contributed by atoms with Gasteiger partial charge in [0.2, 0.25) is 33.7 Å². The Bertz CT molecular complexity index is 2600. The summed E-state index contributed by atoms with van der Waals surface area (Å²) in [6.07, 6.45) is 0.926. The van der Waals surface area contributed by atoms with Gasteiger partial charge in [0, 0.05) is 10.1 Å². The van der Waals surface area contributed by atoms with Crippen molar-refractivity contribution < 1.29 is 97.7 Å². The van der Waals surface area contributed by atoms with Gasteiger partial charge in [-0.3, -0.25) is 10.6 Å². The average Bonchev–Trinajstić information content (AvgIpc) is 3.18. The molecule has 4 rings (SSSR count). The minimum Gasteiger partial charge on any atom is -0.481 e. The van der Waals surface area contributed by atoms with Crippen LogP contribution in [0.2, 0.25) is 0 Å². The third kappa shape index (κ3) is 15.7. The number of benzene rings is 2. The van der Waals surface area contributed by atoms with Crippen LogP contribution in [0.5, 0.6) is 17.8 Å². The maximum Gasteiger partial charge on any atom is 1.00 e. The molecule has 2 aromatic heterocycles. The third-order valence-electron chi connectivity index (χ3n) is 6.83. The van der Waals surface area contributed by atoms with Crippen LogP contribution in [-0.2, 0) is 46.1 Å². The number of hydrogen-bond donors (Lipinski definition) is 5. The van der Waals surface area contributed by atoms with Gasteiger partial charge in [0.05, 0.1) is 59.0 Å². The number of esters is 2. The number of nitrogens with zero attached hydrogens (tertiary/aromatic N) is 5. The molecule has 0 radical (unpaired) electrons. The van der Waals surface area contributed by atoms with Crippen molar-refractivity contribution in [2.24, 2.45) is 0 Å². The molecule has 4 amide bonds. The van der Waals surface area contributed by atoms with E-state index >= 15 is 0 Å². The number of ether oxygens (including phenoxy) is 5. The predicted molar refractivity (Wildman–Crippen MR) is 215 cm³/mol. The molecule has 0 fully saturated rings. The van der Waals surface area contributed by atoms with Gasteiger partial charge in [-0.05, 0) is 65.4 Å². The van der Waals surface area contributed by atoms with Gasteiger partial charge in [0.25, 0.3) is 20.0 Å². The fraction of sp³-hybridized carbons (Fsp3) is 0.258. The molecule has 0 saturated carbocycles. The van der Waals surface area contributed by atoms with Gasteiger partial charge in [-0.1, -0.05) is 6.07 Å². The number of amides is 4. The van der Waals surface area contributed by atoms with E-state index in [1.54, 1.807) is 16.4 Å². The first-order valence-corrected chi connectivity index (χ1v) is 21.9. The Hall–Kier alpha value is -5.05. The molecule has 61 heavy (non-hydrogen) atoms. The van der Waals surface area contributed by atoms with Gasteiger partial charge in [-0.2, -0.15) is 24.9 Å². The number of nitrogens with one attached hydrogen (secondary N) is 5. The Kier molecular flexibility index (Phi) is 19.4. The van der Waals surface area contributed by atoms with E-state index in [-0.39, 0.29) is 88.3 Å². The van der Waals surface area contributed by atoms with Crippen molar-refractivity contribution in [1.29, 1.82) is 0 Å². The van der Waals surface area contributed by atoms with Gasteiger partial charge in [0.1, 0.15) is 15.6 Å². The summed E-state index contributed by atoms with van der Waals surface area (Å²) >= 11 is 1.88. The molecule has 0 saturated heterocycles. The van der Waals surface area contributed by atoms with Crippen LogP contribution in [0.4, 0.5) is 21.5 Å². The van der Waals surface area contributed by atoms with Gasteiger partial charge >= 0.3 is 59.6 Å². The first-order chi connectivity index (χ1) is 28.0. The van der Waals surface area contributed by atoms with Gasteiger partial charge < -0.3 is 23.7 Å². The number of aromatic nitrogens is 5. The zero-order valence-corrected chi connectivity index (χ0v) is 39.8. The molecule has 25 nitrogen and oxygen atoms in total. The van der Waals surface area contributed by atoms with E-state index in [2.05, 4.69) is 49.7 Å². The third-order valence-corrected chi connectivity index (χ3v) is 10.9. The molecule has 0 aliphatic carbocycles. The largest absolute Gasteiger partial charge is 1.00 e. The minimum absolute atomic E-state index is 0. The van der Waals surface area contributed by atoms with E-state index < -0.39 is 63.9 Å². The zero-order valence-electron chi connectivity index (χ0n) is 33.2. The Morgan fingerprint density at radius 3 is 1.57 bits per heavy atom. The maximum absolute atomic E-state index is 12.9. The molecule has 0 aliphatic heterocycles. The Balaban J connectivity index is 0.000000421. The normalized spacial score (nSPS) is 11.0. The number of rotatable bonds is 14. The number of halogens is 1. The van der Waals surface area contributed by atoms with Crippen LogP contribution in [0.15, 0.2) is 52.3 Å². The van der Waals surface area contributed by atoms with Crippen LogP contribution in [0.1, 0.15) is 32.1 Å². The van der Waals surface area contributed by atoms with Crippen molar-refractivity contribution >= 4 is 88.6 Å². The zero-order chi connectivity index (χ0) is 45.0. The molecule has 0 unspecified atom stereocenters. The molecule has 2 aromatic carbocycles. The van der Waals surface area contributed by atoms with Crippen LogP contribution < -0.4 is 68.6 Å². The summed E-state index contributed by atoms with van der Waals surface area (Å²) in [5.41, 5.74) is -0.383. The van der Waals surface area contributed by atoms with Crippen LogP contribution >= 0.6 is 22.6 Å². The van der Waals surface area contributed by atoms with Crippen molar-refractivity contribution in [3.63, 3.8) is 0 Å². The molecule has 2 heterocycles. The summed E-state index contributed by atoms with van der Waals surface area (Å²) < 4.78 is 104. The van der Waals surface area contributed by atoms with E-state index in [9.17, 15) is 44.4 Å². The van der Waals surface area contributed by atoms with Crippen molar-refractivity contribution in [3.8, 4) is 17.8 Å². The summed E-state index contributed by atoms with van der Waals surface area (Å²) in [4.78, 5) is 66.4. The van der Waals surface area contributed by atoms with E-state index in [1.165, 1.54) is 51.7 Å². The molecule has 0 spiro atoms. The number of carbonyl (C=O) groups excluding carboxylic acids is 4. The van der Waals surface area contributed by atoms with E-state index in [1.807, 2.05) is 22.6 Å². The number of aryl methyl sites for hydroxylation is 1. The quantitative estimate of drug-likeness (QED) is 0.0515. The summed E-state index contributed by atoms with van der Waals surface area (Å²) in [7, 11) is -6.46. The number of sulfonamides is 3. The summed E-state index contributed by atoms with van der Waals surface area (Å²) in [5, 5.41) is 4.29. The van der Waals surface area contributed by atoms with Gasteiger partial charge in [-0.15, -0.1) is 0 Å². The summed E-state index contributed by atoms with van der Waals surface area (Å²) in [6.45, 7) is 1.28. The molecule has 0 aliphatic rings. The number of carbonyl (C=O) groups is 4. The first kappa shape index (κ1) is 52.1. The smallest absolute Gasteiger partial charge is 0.481 e. The van der Waals surface area contributed by atoms with E-state index in [0.29, 0.717) is 3.57 Å². The van der Waals surface area contributed by atoms with Crippen LogP contribution in [0, 0.1) is 10.5 Å². The topological polar surface area (TPSA) is 341 Å². The Morgan fingerprint density at radius 2 is 1.11 bits per heavy atom. The Labute approximate surface area is 384 Å². The van der Waals surface area contributed by atoms with Crippen molar-refractivity contribution in [1.82, 2.24) is 39.1 Å². The second-order valence-electron chi connectivity index (χ2n) is 11.1. The monoisotopic (exact) mass is 1030 g/mol. The summed E-state index contributed by atoms with van der Waals surface area (Å²) in [5.74, 6) is -2.03. The molecular weight excluding hydrogens is 998 g/mol. The van der Waals surface area contributed by atoms with E-state index in [4.69, 9.17) is 14.2 Å². The number of hydrogen-bond acceptors (Lipinski definition) is 20. The maximum atomic E-state index is 12.9. The Morgan fingerprint density at radius 1 is 0.639 bits per heavy atom. The molecule has 4 aromatic rings. The van der Waals surface area contributed by atoms with Gasteiger partial charge in [0.15, 0.2) is 0 Å². The molecule has 0 bridgehead atoms. The van der Waals surface area contributed by atoms with Crippen molar-refractivity contribution in [3.05, 3.63) is 68.5 Å².